The van der Waals surface area contributed by atoms with Crippen molar-refractivity contribution in [3.8, 4) is 0 Å². The van der Waals surface area contributed by atoms with Crippen LogP contribution in [0.5, 0.6) is 0 Å². The number of sulfonamides is 1. The lowest BCUT2D eigenvalue weighted by Crippen LogP contribution is -2.12. The highest BCUT2D eigenvalue weighted by Crippen LogP contribution is 2.31. The fraction of sp³-hybridized carbons (Fsp3) is 0. The minimum absolute atomic E-state index is 0.0579. The van der Waals surface area contributed by atoms with Crippen molar-refractivity contribution < 1.29 is 8.42 Å². The number of primary sulfonamides is 1. The molecule has 7 heteroatoms. The van der Waals surface area contributed by atoms with Crippen molar-refractivity contribution in [2.75, 3.05) is 0 Å². The summed E-state index contributed by atoms with van der Waals surface area (Å²) in [7, 11) is -3.67. The van der Waals surface area contributed by atoms with Gasteiger partial charge in [-0.3, -0.25) is 0 Å². The average molecular weight is 394 g/mol. The summed E-state index contributed by atoms with van der Waals surface area (Å²) in [4.78, 5) is 0.0579. The third-order valence-corrected chi connectivity index (χ3v) is 4.99. The van der Waals surface area contributed by atoms with Gasteiger partial charge in [0.2, 0.25) is 10.0 Å². The lowest BCUT2D eigenvalue weighted by atomic mass is 10.4. The van der Waals surface area contributed by atoms with Crippen molar-refractivity contribution in [3.05, 3.63) is 25.6 Å². The summed E-state index contributed by atoms with van der Waals surface area (Å²) in [5.41, 5.74) is 0. The highest BCUT2D eigenvalue weighted by molar-refractivity contribution is 9.13. The summed E-state index contributed by atoms with van der Waals surface area (Å²) in [6, 6.07) is 3.05. The van der Waals surface area contributed by atoms with Gasteiger partial charge in [0.1, 0.15) is 0 Å². The van der Waals surface area contributed by atoms with E-state index in [0.717, 1.165) is 4.47 Å². The first kappa shape index (κ1) is 11.6. The van der Waals surface area contributed by atoms with Crippen LogP contribution >= 0.6 is 47.8 Å². The van der Waals surface area contributed by atoms with Crippen molar-refractivity contribution in [1.82, 2.24) is 0 Å². The second-order valence-corrected chi connectivity index (χ2v) is 6.33. The highest BCUT2D eigenvalue weighted by atomic mass is 79.9. The molecule has 0 aliphatic carbocycles. The van der Waals surface area contributed by atoms with Crippen LogP contribution in [0.25, 0.3) is 0 Å². The Hall–Kier alpha value is 0.570. The van der Waals surface area contributed by atoms with Crippen LogP contribution in [0.2, 0.25) is 0 Å². The van der Waals surface area contributed by atoms with Crippen molar-refractivity contribution >= 4 is 57.8 Å². The van der Waals surface area contributed by atoms with Crippen LogP contribution in [0, 0.1) is 0 Å². The molecule has 0 aliphatic heterocycles. The Morgan fingerprint density at radius 3 is 1.92 bits per heavy atom. The Bertz CT molecular complexity index is 443. The van der Waals surface area contributed by atoms with E-state index >= 15 is 0 Å². The lowest BCUT2D eigenvalue weighted by molar-refractivity contribution is 0.597. The van der Waals surface area contributed by atoms with Crippen molar-refractivity contribution in [2.24, 2.45) is 5.14 Å². The molecule has 0 fully saturated rings. The minimum atomic E-state index is -3.67. The second kappa shape index (κ2) is 3.98. The maximum atomic E-state index is 11.0. The van der Waals surface area contributed by atoms with Crippen molar-refractivity contribution in [3.63, 3.8) is 0 Å². The van der Waals surface area contributed by atoms with E-state index in [9.17, 15) is 8.42 Å². The third-order valence-electron chi connectivity index (χ3n) is 1.28. The number of nitrogens with two attached hydrogens (primary N) is 1. The zero-order chi connectivity index (χ0) is 10.2. The van der Waals surface area contributed by atoms with E-state index in [2.05, 4.69) is 47.8 Å². The van der Waals surface area contributed by atoms with Crippen molar-refractivity contribution in [2.45, 2.75) is 4.90 Å². The summed E-state index contributed by atoms with van der Waals surface area (Å²) in [6.45, 7) is 0. The molecule has 0 heterocycles. The topological polar surface area (TPSA) is 60.2 Å². The number of hydrogen-bond donors (Lipinski definition) is 1. The molecule has 0 aromatic heterocycles. The Kier molecular flexibility index (Phi) is 3.56. The first-order valence-electron chi connectivity index (χ1n) is 2.99. The molecule has 0 aliphatic rings. The van der Waals surface area contributed by atoms with Gasteiger partial charge in [-0.2, -0.15) is 0 Å². The fourth-order valence-electron chi connectivity index (χ4n) is 0.722. The molecule has 1 rings (SSSR count). The van der Waals surface area contributed by atoms with E-state index in [1.165, 1.54) is 6.07 Å². The number of rotatable bonds is 1. The van der Waals surface area contributed by atoms with E-state index in [-0.39, 0.29) is 4.90 Å². The maximum absolute atomic E-state index is 11.0. The standard InChI is InChI=1S/C6H4Br3NO2S/c7-3-1-5(9)6(2-4(3)8)13(10,11)12/h1-2H,(H2,10,11,12). The van der Waals surface area contributed by atoms with Crippen LogP contribution in [0.4, 0.5) is 0 Å². The highest BCUT2D eigenvalue weighted by Gasteiger charge is 2.14. The smallest absolute Gasteiger partial charge is 0.225 e. The van der Waals surface area contributed by atoms with Crippen LogP contribution in [0.3, 0.4) is 0 Å². The summed E-state index contributed by atoms with van der Waals surface area (Å²) in [5.74, 6) is 0. The van der Waals surface area contributed by atoms with Gasteiger partial charge in [0.15, 0.2) is 0 Å². The van der Waals surface area contributed by atoms with Crippen LogP contribution in [-0.2, 0) is 10.0 Å². The molecule has 0 bridgehead atoms. The summed E-state index contributed by atoms with van der Waals surface area (Å²) >= 11 is 9.53. The normalized spacial score (nSPS) is 11.7. The molecule has 0 saturated heterocycles. The molecular weight excluding hydrogens is 390 g/mol. The Balaban J connectivity index is 3.50. The van der Waals surface area contributed by atoms with E-state index in [4.69, 9.17) is 5.14 Å². The van der Waals surface area contributed by atoms with Gasteiger partial charge in [-0.05, 0) is 59.9 Å². The molecule has 0 atom stereocenters. The first-order chi connectivity index (χ1) is 5.82. The second-order valence-electron chi connectivity index (χ2n) is 2.24. The molecule has 3 nitrogen and oxygen atoms in total. The van der Waals surface area contributed by atoms with Crippen LogP contribution < -0.4 is 5.14 Å². The van der Waals surface area contributed by atoms with Gasteiger partial charge in [0.05, 0.1) is 4.90 Å². The number of benzene rings is 1. The SMILES string of the molecule is NS(=O)(=O)c1cc(Br)c(Br)cc1Br. The van der Waals surface area contributed by atoms with Gasteiger partial charge in [-0.1, -0.05) is 0 Å². The van der Waals surface area contributed by atoms with Crippen molar-refractivity contribution in [1.29, 1.82) is 0 Å². The van der Waals surface area contributed by atoms with Crippen LogP contribution in [-0.4, -0.2) is 8.42 Å². The molecule has 0 spiro atoms. The van der Waals surface area contributed by atoms with Crippen LogP contribution in [0.15, 0.2) is 30.4 Å². The molecule has 0 amide bonds. The average Bonchev–Trinajstić information content (AvgIpc) is 1.94. The number of hydrogen-bond acceptors (Lipinski definition) is 2. The minimum Gasteiger partial charge on any atom is -0.225 e. The molecule has 1 aromatic rings. The van der Waals surface area contributed by atoms with Gasteiger partial charge in [0.25, 0.3) is 0 Å². The number of halogens is 3. The van der Waals surface area contributed by atoms with Gasteiger partial charge < -0.3 is 0 Å². The first-order valence-corrected chi connectivity index (χ1v) is 6.92. The molecular formula is C6H4Br3NO2S. The maximum Gasteiger partial charge on any atom is 0.239 e. The molecule has 13 heavy (non-hydrogen) atoms. The van der Waals surface area contributed by atoms with E-state index in [1.54, 1.807) is 6.07 Å². The fourth-order valence-corrected chi connectivity index (χ4v) is 3.50. The summed E-state index contributed by atoms with van der Waals surface area (Å²) in [6.07, 6.45) is 0. The van der Waals surface area contributed by atoms with E-state index in [1.807, 2.05) is 0 Å². The zero-order valence-corrected chi connectivity index (χ0v) is 11.7. The predicted molar refractivity (Wildman–Crippen MR) is 60.9 cm³/mol. The zero-order valence-electron chi connectivity index (χ0n) is 6.09. The summed E-state index contributed by atoms with van der Waals surface area (Å²) in [5, 5.41) is 4.98. The largest absolute Gasteiger partial charge is 0.239 e. The van der Waals surface area contributed by atoms with Crippen LogP contribution in [0.1, 0.15) is 0 Å². The Morgan fingerprint density at radius 2 is 1.46 bits per heavy atom. The predicted octanol–water partition coefficient (Wildman–Crippen LogP) is 2.62. The quantitative estimate of drug-likeness (QED) is 0.745. The monoisotopic (exact) mass is 391 g/mol. The van der Waals surface area contributed by atoms with E-state index in [0.29, 0.717) is 8.95 Å². The Morgan fingerprint density at radius 1 is 1.00 bits per heavy atom. The van der Waals surface area contributed by atoms with Gasteiger partial charge in [0, 0.05) is 13.4 Å². The lowest BCUT2D eigenvalue weighted by Gasteiger charge is -2.03. The molecule has 0 unspecified atom stereocenters. The Labute approximate surface area is 101 Å². The molecule has 1 aromatic carbocycles. The molecule has 0 radical (unpaired) electrons. The molecule has 2 N–H and O–H groups in total. The third kappa shape index (κ3) is 2.76. The van der Waals surface area contributed by atoms with E-state index < -0.39 is 10.0 Å². The molecule has 0 saturated carbocycles. The molecule has 72 valence electrons. The van der Waals surface area contributed by atoms with Gasteiger partial charge >= 0.3 is 0 Å². The van der Waals surface area contributed by atoms with Gasteiger partial charge in [-0.15, -0.1) is 0 Å². The summed E-state index contributed by atoms with van der Waals surface area (Å²) < 4.78 is 23.9. The van der Waals surface area contributed by atoms with Gasteiger partial charge in [-0.25, -0.2) is 13.6 Å².